The van der Waals surface area contributed by atoms with Gasteiger partial charge in [0, 0.05) is 25.6 Å². The van der Waals surface area contributed by atoms with Gasteiger partial charge in [0.15, 0.2) is 0 Å². The molecule has 5 heteroatoms. The molecule has 0 unspecified atom stereocenters. The SMILES string of the molecule is O=C1CN(C(=O)CC[C@@H]2CCCN3CCCC[C@H]23)CCN1. The lowest BCUT2D eigenvalue weighted by Crippen LogP contribution is -2.50. The van der Waals surface area contributed by atoms with Crippen molar-refractivity contribution in [3.05, 3.63) is 0 Å². The Bertz CT molecular complexity index is 397. The van der Waals surface area contributed by atoms with Crippen molar-refractivity contribution in [3.8, 4) is 0 Å². The van der Waals surface area contributed by atoms with E-state index in [1.165, 1.54) is 45.2 Å². The van der Waals surface area contributed by atoms with E-state index in [4.69, 9.17) is 0 Å². The fourth-order valence-electron chi connectivity index (χ4n) is 4.23. The van der Waals surface area contributed by atoms with Crippen LogP contribution in [0.25, 0.3) is 0 Å². The first kappa shape index (κ1) is 14.8. The van der Waals surface area contributed by atoms with E-state index < -0.39 is 0 Å². The number of nitrogens with zero attached hydrogens (tertiary/aromatic N) is 2. The molecule has 3 rings (SSSR count). The maximum absolute atomic E-state index is 12.3. The molecule has 0 aromatic rings. The van der Waals surface area contributed by atoms with Crippen molar-refractivity contribution in [1.82, 2.24) is 15.1 Å². The largest absolute Gasteiger partial charge is 0.353 e. The van der Waals surface area contributed by atoms with Gasteiger partial charge in [-0.3, -0.25) is 9.59 Å². The van der Waals surface area contributed by atoms with E-state index in [0.29, 0.717) is 31.5 Å². The van der Waals surface area contributed by atoms with E-state index in [1.54, 1.807) is 4.90 Å². The van der Waals surface area contributed by atoms with Crippen LogP contribution in [0.15, 0.2) is 0 Å². The van der Waals surface area contributed by atoms with Gasteiger partial charge in [-0.05, 0) is 51.1 Å². The average Bonchev–Trinajstić information content (AvgIpc) is 2.52. The maximum atomic E-state index is 12.3. The van der Waals surface area contributed by atoms with Gasteiger partial charge in [0.2, 0.25) is 11.8 Å². The van der Waals surface area contributed by atoms with Crippen molar-refractivity contribution >= 4 is 11.8 Å². The lowest BCUT2D eigenvalue weighted by molar-refractivity contribution is -0.138. The molecular formula is C16H27N3O2. The Hall–Kier alpha value is -1.10. The third kappa shape index (κ3) is 3.57. The van der Waals surface area contributed by atoms with Crippen LogP contribution in [0.1, 0.15) is 44.9 Å². The fourth-order valence-corrected chi connectivity index (χ4v) is 4.23. The molecular weight excluding hydrogens is 266 g/mol. The Morgan fingerprint density at radius 2 is 2.00 bits per heavy atom. The molecule has 3 fully saturated rings. The van der Waals surface area contributed by atoms with Gasteiger partial charge in [-0.25, -0.2) is 0 Å². The molecule has 2 atom stereocenters. The summed E-state index contributed by atoms with van der Waals surface area (Å²) in [4.78, 5) is 28.0. The number of hydrogen-bond acceptors (Lipinski definition) is 3. The molecule has 3 heterocycles. The molecule has 0 radical (unpaired) electrons. The van der Waals surface area contributed by atoms with Gasteiger partial charge in [0.1, 0.15) is 0 Å². The predicted octanol–water partition coefficient (Wildman–Crippen LogP) is 0.989. The minimum Gasteiger partial charge on any atom is -0.353 e. The monoisotopic (exact) mass is 293 g/mol. The first-order chi connectivity index (χ1) is 10.2. The average molecular weight is 293 g/mol. The quantitative estimate of drug-likeness (QED) is 0.844. The zero-order valence-corrected chi connectivity index (χ0v) is 12.9. The summed E-state index contributed by atoms with van der Waals surface area (Å²) in [5.74, 6) is 0.824. The Balaban J connectivity index is 1.49. The molecule has 21 heavy (non-hydrogen) atoms. The summed E-state index contributed by atoms with van der Waals surface area (Å²) in [6, 6.07) is 0.713. The molecule has 0 aromatic heterocycles. The van der Waals surface area contributed by atoms with Crippen LogP contribution in [-0.4, -0.2) is 60.4 Å². The molecule has 2 amide bonds. The summed E-state index contributed by atoms with van der Waals surface area (Å²) in [6.45, 7) is 4.02. The van der Waals surface area contributed by atoms with Crippen molar-refractivity contribution in [1.29, 1.82) is 0 Å². The van der Waals surface area contributed by atoms with Crippen LogP contribution in [0.2, 0.25) is 0 Å². The Morgan fingerprint density at radius 3 is 2.86 bits per heavy atom. The molecule has 0 aliphatic carbocycles. The third-order valence-corrected chi connectivity index (χ3v) is 5.35. The topological polar surface area (TPSA) is 52.7 Å². The number of rotatable bonds is 3. The molecule has 0 bridgehead atoms. The van der Waals surface area contributed by atoms with Gasteiger partial charge in [0.05, 0.1) is 6.54 Å². The minimum atomic E-state index is -0.0225. The number of carbonyl (C=O) groups excluding carboxylic acids is 2. The highest BCUT2D eigenvalue weighted by molar-refractivity contribution is 5.85. The number of piperazine rings is 1. The van der Waals surface area contributed by atoms with Gasteiger partial charge < -0.3 is 15.1 Å². The number of nitrogens with one attached hydrogen (secondary N) is 1. The summed E-state index contributed by atoms with van der Waals surface area (Å²) in [6.07, 6.45) is 8.16. The zero-order valence-electron chi connectivity index (χ0n) is 12.9. The molecule has 3 aliphatic heterocycles. The lowest BCUT2D eigenvalue weighted by atomic mass is 9.81. The van der Waals surface area contributed by atoms with Gasteiger partial charge >= 0.3 is 0 Å². The van der Waals surface area contributed by atoms with Crippen LogP contribution >= 0.6 is 0 Å². The van der Waals surface area contributed by atoms with Crippen molar-refractivity contribution in [2.45, 2.75) is 51.0 Å². The van der Waals surface area contributed by atoms with Gasteiger partial charge in [-0.2, -0.15) is 0 Å². The first-order valence-electron chi connectivity index (χ1n) is 8.52. The normalized spacial score (nSPS) is 30.7. The summed E-state index contributed by atoms with van der Waals surface area (Å²) < 4.78 is 0. The molecule has 0 aromatic carbocycles. The smallest absolute Gasteiger partial charge is 0.239 e. The van der Waals surface area contributed by atoms with Crippen molar-refractivity contribution < 1.29 is 9.59 Å². The van der Waals surface area contributed by atoms with Crippen LogP contribution in [0, 0.1) is 5.92 Å². The molecule has 3 saturated heterocycles. The van der Waals surface area contributed by atoms with Crippen LogP contribution in [0.5, 0.6) is 0 Å². The van der Waals surface area contributed by atoms with Gasteiger partial charge in [-0.15, -0.1) is 0 Å². The summed E-state index contributed by atoms with van der Waals surface area (Å²) in [5.41, 5.74) is 0. The number of fused-ring (bicyclic) bond motifs is 1. The third-order valence-electron chi connectivity index (χ3n) is 5.35. The molecule has 5 nitrogen and oxygen atoms in total. The van der Waals surface area contributed by atoms with Gasteiger partial charge in [0.25, 0.3) is 0 Å². The van der Waals surface area contributed by atoms with E-state index in [0.717, 1.165) is 6.42 Å². The van der Waals surface area contributed by atoms with Crippen LogP contribution < -0.4 is 5.32 Å². The Kier molecular flexibility index (Phi) is 4.78. The molecule has 3 aliphatic rings. The predicted molar refractivity (Wildman–Crippen MR) is 80.8 cm³/mol. The van der Waals surface area contributed by atoms with E-state index in [2.05, 4.69) is 10.2 Å². The highest BCUT2D eigenvalue weighted by atomic mass is 16.2. The number of carbonyl (C=O) groups is 2. The fraction of sp³-hybridized carbons (Fsp3) is 0.875. The molecule has 118 valence electrons. The van der Waals surface area contributed by atoms with E-state index in [9.17, 15) is 9.59 Å². The summed E-state index contributed by atoms with van der Waals surface area (Å²) in [5, 5.41) is 2.77. The summed E-state index contributed by atoms with van der Waals surface area (Å²) in [7, 11) is 0. The second-order valence-corrected chi connectivity index (χ2v) is 6.71. The second-order valence-electron chi connectivity index (χ2n) is 6.71. The second kappa shape index (κ2) is 6.77. The van der Waals surface area contributed by atoms with E-state index in [1.807, 2.05) is 0 Å². The highest BCUT2D eigenvalue weighted by Crippen LogP contribution is 2.33. The lowest BCUT2D eigenvalue weighted by Gasteiger charge is -2.44. The van der Waals surface area contributed by atoms with Crippen molar-refractivity contribution in [3.63, 3.8) is 0 Å². The first-order valence-corrected chi connectivity index (χ1v) is 8.52. The molecule has 0 saturated carbocycles. The van der Waals surface area contributed by atoms with Crippen LogP contribution in [-0.2, 0) is 9.59 Å². The number of piperidine rings is 2. The summed E-state index contributed by atoms with van der Waals surface area (Å²) >= 11 is 0. The minimum absolute atomic E-state index is 0.0225. The highest BCUT2D eigenvalue weighted by Gasteiger charge is 2.33. The zero-order chi connectivity index (χ0) is 14.7. The van der Waals surface area contributed by atoms with Crippen LogP contribution in [0.4, 0.5) is 0 Å². The Morgan fingerprint density at radius 1 is 1.14 bits per heavy atom. The van der Waals surface area contributed by atoms with E-state index >= 15 is 0 Å². The van der Waals surface area contributed by atoms with Crippen LogP contribution in [0.3, 0.4) is 0 Å². The standard InChI is InChI=1S/C16H27N3O2/c20-15-12-19(11-8-17-15)16(21)7-6-13-4-3-10-18-9-2-1-5-14(13)18/h13-14H,1-12H2,(H,17,20)/t13-,14+/m0/s1. The Labute approximate surface area is 127 Å². The van der Waals surface area contributed by atoms with Crippen molar-refractivity contribution in [2.75, 3.05) is 32.7 Å². The van der Waals surface area contributed by atoms with E-state index in [-0.39, 0.29) is 18.4 Å². The molecule has 1 N–H and O–H groups in total. The van der Waals surface area contributed by atoms with Crippen molar-refractivity contribution in [2.24, 2.45) is 5.92 Å². The number of amides is 2. The number of hydrogen-bond donors (Lipinski definition) is 1. The van der Waals surface area contributed by atoms with Gasteiger partial charge in [-0.1, -0.05) is 6.42 Å². The maximum Gasteiger partial charge on any atom is 0.239 e. The molecule has 0 spiro atoms.